The molecule has 0 atom stereocenters. The van der Waals surface area contributed by atoms with Gasteiger partial charge in [-0.05, 0) is 56.5 Å². The number of carbonyl (C=O) groups excluding carboxylic acids is 2. The molecule has 0 bridgehead atoms. The first-order valence-corrected chi connectivity index (χ1v) is 11.6. The summed E-state index contributed by atoms with van der Waals surface area (Å²) in [5, 5.41) is 1.91. The van der Waals surface area contributed by atoms with Gasteiger partial charge in [0.2, 0.25) is 5.78 Å². The number of esters is 1. The molecule has 1 aromatic carbocycles. The monoisotopic (exact) mass is 475 g/mol. The number of para-hydroxylation sites is 1. The molecule has 34 heavy (non-hydrogen) atoms. The molecule has 8 heteroatoms. The number of Topliss-reactive ketones (excluding diaryl/α,β-unsaturated/α-hetero) is 1. The van der Waals surface area contributed by atoms with Gasteiger partial charge in [0.15, 0.2) is 6.61 Å². The third-order valence-electron chi connectivity index (χ3n) is 5.75. The van der Waals surface area contributed by atoms with Gasteiger partial charge in [-0.25, -0.2) is 9.48 Å². The number of hydrogen-bond acceptors (Lipinski definition) is 5. The smallest absolute Gasteiger partial charge is 0.331 e. The van der Waals surface area contributed by atoms with Gasteiger partial charge in [0, 0.05) is 35.0 Å². The highest BCUT2D eigenvalue weighted by molar-refractivity contribution is 7.10. The summed E-state index contributed by atoms with van der Waals surface area (Å²) >= 11 is 1.50. The molecule has 0 N–H and O–H groups in total. The Morgan fingerprint density at radius 2 is 1.76 bits per heavy atom. The molecule has 0 radical (unpaired) electrons. The summed E-state index contributed by atoms with van der Waals surface area (Å²) in [7, 11) is 1.83. The van der Waals surface area contributed by atoms with Crippen molar-refractivity contribution in [3.05, 3.63) is 97.9 Å². The van der Waals surface area contributed by atoms with Crippen molar-refractivity contribution in [2.45, 2.75) is 20.8 Å². The number of nitrogens with zero attached hydrogens (tertiary/aromatic N) is 3. The SMILES string of the molecule is Cc1cc(C(=O)COC(=O)C=Cc2cccs2)c(C)n1-c1c(C)n(C)n(-c2ccccc2)c1=O. The predicted molar refractivity (Wildman–Crippen MR) is 133 cm³/mol. The second kappa shape index (κ2) is 9.52. The molecule has 3 heterocycles. The Bertz CT molecular complexity index is 1440. The van der Waals surface area contributed by atoms with E-state index in [-0.39, 0.29) is 17.9 Å². The van der Waals surface area contributed by atoms with E-state index in [4.69, 9.17) is 4.74 Å². The molecule has 0 aliphatic carbocycles. The van der Waals surface area contributed by atoms with E-state index in [2.05, 4.69) is 0 Å². The second-order valence-corrected chi connectivity index (χ2v) is 8.89. The highest BCUT2D eigenvalue weighted by Crippen LogP contribution is 2.23. The van der Waals surface area contributed by atoms with Gasteiger partial charge in [-0.1, -0.05) is 24.3 Å². The average Bonchev–Trinajstić information content (AvgIpc) is 3.50. The lowest BCUT2D eigenvalue weighted by molar-refractivity contribution is -0.136. The molecular formula is C26H25N3O4S. The lowest BCUT2D eigenvalue weighted by Gasteiger charge is -2.08. The molecule has 0 amide bonds. The third-order valence-corrected chi connectivity index (χ3v) is 6.59. The van der Waals surface area contributed by atoms with Gasteiger partial charge < -0.3 is 9.30 Å². The van der Waals surface area contributed by atoms with Gasteiger partial charge >= 0.3 is 5.97 Å². The third kappa shape index (κ3) is 4.32. The summed E-state index contributed by atoms with van der Waals surface area (Å²) in [4.78, 5) is 39.2. The molecule has 174 valence electrons. The number of thiophene rings is 1. The first-order chi connectivity index (χ1) is 16.3. The Morgan fingerprint density at radius 3 is 2.44 bits per heavy atom. The Hall–Kier alpha value is -3.91. The maximum absolute atomic E-state index is 13.4. The topological polar surface area (TPSA) is 75.2 Å². The summed E-state index contributed by atoms with van der Waals surface area (Å²) in [5.74, 6) is -0.908. The number of aryl methyl sites for hydroxylation is 1. The fraction of sp³-hybridized carbons (Fsp3) is 0.192. The van der Waals surface area contributed by atoms with Crippen LogP contribution in [0.4, 0.5) is 0 Å². The molecular weight excluding hydrogens is 450 g/mol. The molecule has 0 saturated carbocycles. The van der Waals surface area contributed by atoms with Crippen LogP contribution in [0, 0.1) is 20.8 Å². The van der Waals surface area contributed by atoms with Crippen molar-refractivity contribution in [1.29, 1.82) is 0 Å². The van der Waals surface area contributed by atoms with Crippen molar-refractivity contribution < 1.29 is 14.3 Å². The summed E-state index contributed by atoms with van der Waals surface area (Å²) in [6.07, 6.45) is 2.96. The van der Waals surface area contributed by atoms with Crippen LogP contribution in [0.15, 0.2) is 64.8 Å². The highest BCUT2D eigenvalue weighted by atomic mass is 32.1. The first kappa shape index (κ1) is 23.3. The van der Waals surface area contributed by atoms with Gasteiger partial charge in [0.1, 0.15) is 5.69 Å². The lowest BCUT2D eigenvalue weighted by atomic mass is 10.1. The van der Waals surface area contributed by atoms with E-state index in [0.29, 0.717) is 16.9 Å². The van der Waals surface area contributed by atoms with Crippen molar-refractivity contribution in [3.8, 4) is 11.4 Å². The fourth-order valence-corrected chi connectivity index (χ4v) is 4.62. The van der Waals surface area contributed by atoms with Gasteiger partial charge in [-0.15, -0.1) is 11.3 Å². The van der Waals surface area contributed by atoms with Crippen LogP contribution in [0.5, 0.6) is 0 Å². The van der Waals surface area contributed by atoms with Crippen LogP contribution in [-0.2, 0) is 16.6 Å². The molecule has 0 spiro atoms. The molecule has 3 aromatic heterocycles. The minimum absolute atomic E-state index is 0.183. The fourth-order valence-electron chi connectivity index (χ4n) is 4.00. The number of rotatable bonds is 7. The number of ether oxygens (including phenoxy) is 1. The van der Waals surface area contributed by atoms with Crippen molar-refractivity contribution in [3.63, 3.8) is 0 Å². The molecule has 0 aliphatic heterocycles. The molecule has 4 rings (SSSR count). The number of benzene rings is 1. The Kier molecular flexibility index (Phi) is 6.51. The Labute approximate surface area is 201 Å². The zero-order chi connectivity index (χ0) is 24.4. The van der Waals surface area contributed by atoms with E-state index in [0.717, 1.165) is 22.0 Å². The van der Waals surface area contributed by atoms with Crippen LogP contribution in [-0.4, -0.2) is 32.3 Å². The first-order valence-electron chi connectivity index (χ1n) is 10.7. The molecule has 4 aromatic rings. The van der Waals surface area contributed by atoms with Gasteiger partial charge in [-0.3, -0.25) is 14.3 Å². The minimum Gasteiger partial charge on any atom is -0.454 e. The summed E-state index contributed by atoms with van der Waals surface area (Å²) in [5.41, 5.74) is 3.61. The van der Waals surface area contributed by atoms with Crippen molar-refractivity contribution >= 4 is 29.2 Å². The van der Waals surface area contributed by atoms with E-state index in [1.54, 1.807) is 33.0 Å². The van der Waals surface area contributed by atoms with Crippen LogP contribution >= 0.6 is 11.3 Å². The molecule has 0 unspecified atom stereocenters. The van der Waals surface area contributed by atoms with E-state index in [1.165, 1.54) is 17.4 Å². The Balaban J connectivity index is 1.60. The highest BCUT2D eigenvalue weighted by Gasteiger charge is 2.24. The van der Waals surface area contributed by atoms with Gasteiger partial charge in [-0.2, -0.15) is 0 Å². The zero-order valence-electron chi connectivity index (χ0n) is 19.4. The minimum atomic E-state index is -0.583. The summed E-state index contributed by atoms with van der Waals surface area (Å²) in [6, 6.07) is 14.9. The van der Waals surface area contributed by atoms with Crippen LogP contribution in [0.3, 0.4) is 0 Å². The van der Waals surface area contributed by atoms with Crippen LogP contribution in [0.25, 0.3) is 17.5 Å². The lowest BCUT2D eigenvalue weighted by Crippen LogP contribution is -2.22. The van der Waals surface area contributed by atoms with Crippen molar-refractivity contribution in [1.82, 2.24) is 13.9 Å². The number of aromatic nitrogens is 3. The molecule has 0 fully saturated rings. The van der Waals surface area contributed by atoms with Crippen LogP contribution < -0.4 is 5.56 Å². The number of hydrogen-bond donors (Lipinski definition) is 0. The normalized spacial score (nSPS) is 11.3. The molecule has 0 saturated heterocycles. The van der Waals surface area contributed by atoms with E-state index in [9.17, 15) is 14.4 Å². The summed E-state index contributed by atoms with van der Waals surface area (Å²) < 4.78 is 10.3. The standard InChI is InChI=1S/C26H25N3O4S/c1-17-15-22(23(30)16-33-24(31)13-12-21-11-8-14-34-21)18(2)28(17)25-19(3)27(4)29(26(25)32)20-9-6-5-7-10-20/h5-15H,16H2,1-4H3. The molecule has 7 nitrogen and oxygen atoms in total. The average molecular weight is 476 g/mol. The maximum atomic E-state index is 13.4. The van der Waals surface area contributed by atoms with Gasteiger partial charge in [0.05, 0.1) is 11.4 Å². The van der Waals surface area contributed by atoms with Crippen molar-refractivity contribution in [2.75, 3.05) is 6.61 Å². The van der Waals surface area contributed by atoms with E-state index >= 15 is 0 Å². The predicted octanol–water partition coefficient (Wildman–Crippen LogP) is 4.39. The summed E-state index contributed by atoms with van der Waals surface area (Å²) in [6.45, 7) is 5.13. The van der Waals surface area contributed by atoms with Crippen LogP contribution in [0.2, 0.25) is 0 Å². The largest absolute Gasteiger partial charge is 0.454 e. The van der Waals surface area contributed by atoms with E-state index in [1.807, 2.05) is 68.7 Å². The van der Waals surface area contributed by atoms with Gasteiger partial charge in [0.25, 0.3) is 5.56 Å². The quantitative estimate of drug-likeness (QED) is 0.226. The molecule has 0 aliphatic rings. The van der Waals surface area contributed by atoms with Crippen molar-refractivity contribution in [2.24, 2.45) is 7.05 Å². The maximum Gasteiger partial charge on any atom is 0.331 e. The van der Waals surface area contributed by atoms with Crippen LogP contribution in [0.1, 0.15) is 32.3 Å². The number of carbonyl (C=O) groups is 2. The number of ketones is 1. The Morgan fingerprint density at radius 1 is 1.03 bits per heavy atom. The zero-order valence-corrected chi connectivity index (χ0v) is 20.3. The van der Waals surface area contributed by atoms with E-state index < -0.39 is 5.97 Å². The second-order valence-electron chi connectivity index (χ2n) is 7.91.